The summed E-state index contributed by atoms with van der Waals surface area (Å²) in [5.41, 5.74) is 6.68. The molecule has 2 N–H and O–H groups in total. The molecular formula is C19H38N2. The zero-order valence-corrected chi connectivity index (χ0v) is 15.1. The van der Waals surface area contributed by atoms with E-state index in [0.717, 1.165) is 30.2 Å². The molecule has 0 aromatic heterocycles. The normalized spacial score (nSPS) is 37.4. The van der Waals surface area contributed by atoms with Crippen LogP contribution in [0.3, 0.4) is 0 Å². The molecule has 0 aromatic rings. The first-order valence-corrected chi connectivity index (χ1v) is 9.27. The van der Waals surface area contributed by atoms with Gasteiger partial charge in [-0.3, -0.25) is 4.90 Å². The van der Waals surface area contributed by atoms with Crippen molar-refractivity contribution in [1.29, 1.82) is 0 Å². The van der Waals surface area contributed by atoms with Gasteiger partial charge in [-0.2, -0.15) is 0 Å². The van der Waals surface area contributed by atoms with Gasteiger partial charge < -0.3 is 5.73 Å². The molecule has 2 aliphatic rings. The minimum atomic E-state index is 0.484. The molecule has 2 heteroatoms. The van der Waals surface area contributed by atoms with E-state index in [2.05, 4.69) is 39.5 Å². The van der Waals surface area contributed by atoms with Crippen LogP contribution < -0.4 is 5.73 Å². The predicted molar refractivity (Wildman–Crippen MR) is 92.3 cm³/mol. The van der Waals surface area contributed by atoms with Crippen LogP contribution in [0.4, 0.5) is 0 Å². The Morgan fingerprint density at radius 1 is 1.00 bits per heavy atom. The number of nitrogens with zero attached hydrogens (tertiary/aromatic N) is 1. The molecule has 0 amide bonds. The summed E-state index contributed by atoms with van der Waals surface area (Å²) >= 11 is 0. The topological polar surface area (TPSA) is 29.3 Å². The molecule has 3 unspecified atom stereocenters. The summed E-state index contributed by atoms with van der Waals surface area (Å²) in [6.07, 6.45) is 6.96. The Hall–Kier alpha value is -0.0800. The van der Waals surface area contributed by atoms with Crippen LogP contribution in [0.1, 0.15) is 66.7 Å². The highest BCUT2D eigenvalue weighted by molar-refractivity contribution is 4.89. The maximum Gasteiger partial charge on any atom is 0.0246 e. The van der Waals surface area contributed by atoms with Crippen molar-refractivity contribution in [3.63, 3.8) is 0 Å². The third-order valence-electron chi connectivity index (χ3n) is 6.62. The van der Waals surface area contributed by atoms with Crippen molar-refractivity contribution in [3.8, 4) is 0 Å². The van der Waals surface area contributed by atoms with Crippen molar-refractivity contribution >= 4 is 0 Å². The summed E-state index contributed by atoms with van der Waals surface area (Å²) in [5, 5.41) is 0. The Morgan fingerprint density at radius 3 is 2.10 bits per heavy atom. The van der Waals surface area contributed by atoms with Gasteiger partial charge in [0.05, 0.1) is 0 Å². The van der Waals surface area contributed by atoms with E-state index >= 15 is 0 Å². The summed E-state index contributed by atoms with van der Waals surface area (Å²) in [4.78, 5) is 2.73. The van der Waals surface area contributed by atoms with Crippen LogP contribution in [0, 0.1) is 29.1 Å². The molecule has 1 heterocycles. The van der Waals surface area contributed by atoms with Crippen molar-refractivity contribution in [2.75, 3.05) is 19.6 Å². The van der Waals surface area contributed by atoms with Gasteiger partial charge in [0.2, 0.25) is 0 Å². The van der Waals surface area contributed by atoms with Gasteiger partial charge in [0, 0.05) is 19.1 Å². The van der Waals surface area contributed by atoms with Crippen molar-refractivity contribution in [1.82, 2.24) is 4.90 Å². The van der Waals surface area contributed by atoms with E-state index in [9.17, 15) is 0 Å². The number of piperidine rings is 1. The molecule has 2 nitrogen and oxygen atoms in total. The van der Waals surface area contributed by atoms with Gasteiger partial charge in [0.1, 0.15) is 0 Å². The lowest BCUT2D eigenvalue weighted by Crippen LogP contribution is -2.51. The number of hydrogen-bond donors (Lipinski definition) is 1. The van der Waals surface area contributed by atoms with Crippen LogP contribution in [-0.2, 0) is 0 Å². The third kappa shape index (κ3) is 4.22. The minimum absolute atomic E-state index is 0.484. The summed E-state index contributed by atoms with van der Waals surface area (Å²) in [7, 11) is 0. The lowest BCUT2D eigenvalue weighted by atomic mass is 9.68. The fourth-order valence-corrected chi connectivity index (χ4v) is 4.61. The van der Waals surface area contributed by atoms with E-state index in [1.807, 2.05) is 0 Å². The lowest BCUT2D eigenvalue weighted by molar-refractivity contribution is 0.0423. The Morgan fingerprint density at radius 2 is 1.62 bits per heavy atom. The number of likely N-dealkylation sites (tertiary alicyclic amines) is 1. The van der Waals surface area contributed by atoms with Crippen LogP contribution in [0.2, 0.25) is 0 Å². The SMILES string of the molecule is CC1CCN(C(CN)C2CCC(C(C)(C)C)CC2)CC1C. The van der Waals surface area contributed by atoms with E-state index in [1.165, 1.54) is 45.2 Å². The van der Waals surface area contributed by atoms with E-state index in [0.29, 0.717) is 11.5 Å². The maximum atomic E-state index is 6.19. The molecule has 0 radical (unpaired) electrons. The van der Waals surface area contributed by atoms with Crippen LogP contribution in [0.5, 0.6) is 0 Å². The van der Waals surface area contributed by atoms with E-state index in [-0.39, 0.29) is 0 Å². The second-order valence-electron chi connectivity index (χ2n) is 9.02. The van der Waals surface area contributed by atoms with Gasteiger partial charge in [-0.25, -0.2) is 0 Å². The fraction of sp³-hybridized carbons (Fsp3) is 1.00. The molecule has 0 bridgehead atoms. The highest BCUT2D eigenvalue weighted by Gasteiger charge is 2.36. The molecule has 1 aliphatic carbocycles. The largest absolute Gasteiger partial charge is 0.329 e. The quantitative estimate of drug-likeness (QED) is 0.847. The second-order valence-corrected chi connectivity index (χ2v) is 9.02. The maximum absolute atomic E-state index is 6.19. The van der Waals surface area contributed by atoms with Gasteiger partial charge in [0.25, 0.3) is 0 Å². The van der Waals surface area contributed by atoms with Gasteiger partial charge in [-0.1, -0.05) is 34.6 Å². The van der Waals surface area contributed by atoms with E-state index < -0.39 is 0 Å². The number of hydrogen-bond acceptors (Lipinski definition) is 2. The summed E-state index contributed by atoms with van der Waals surface area (Å²) in [6.45, 7) is 15.4. The zero-order chi connectivity index (χ0) is 15.6. The Labute approximate surface area is 132 Å². The highest BCUT2D eigenvalue weighted by Crippen LogP contribution is 2.41. The van der Waals surface area contributed by atoms with Gasteiger partial charge in [-0.15, -0.1) is 0 Å². The monoisotopic (exact) mass is 294 g/mol. The lowest BCUT2D eigenvalue weighted by Gasteiger charge is -2.46. The summed E-state index contributed by atoms with van der Waals surface area (Å²) in [6, 6.07) is 0.640. The molecule has 0 aromatic carbocycles. The highest BCUT2D eigenvalue weighted by atomic mass is 15.2. The van der Waals surface area contributed by atoms with Crippen LogP contribution in [0.15, 0.2) is 0 Å². The van der Waals surface area contributed by atoms with Crippen LogP contribution in [0.25, 0.3) is 0 Å². The first-order valence-electron chi connectivity index (χ1n) is 9.27. The molecule has 1 aliphatic heterocycles. The third-order valence-corrected chi connectivity index (χ3v) is 6.62. The molecule has 124 valence electrons. The summed E-state index contributed by atoms with van der Waals surface area (Å²) in [5.74, 6) is 3.47. The first-order chi connectivity index (χ1) is 9.82. The van der Waals surface area contributed by atoms with Crippen molar-refractivity contribution in [3.05, 3.63) is 0 Å². The number of rotatable bonds is 3. The fourth-order valence-electron chi connectivity index (χ4n) is 4.61. The van der Waals surface area contributed by atoms with Crippen LogP contribution in [-0.4, -0.2) is 30.6 Å². The van der Waals surface area contributed by atoms with E-state index in [1.54, 1.807) is 0 Å². The van der Waals surface area contributed by atoms with Gasteiger partial charge in [-0.05, 0) is 67.7 Å². The Bertz CT molecular complexity index is 312. The van der Waals surface area contributed by atoms with Crippen LogP contribution >= 0.6 is 0 Å². The standard InChI is InChI=1S/C19H38N2/c1-14-10-11-21(13-15(14)2)18(12-20)16-6-8-17(9-7-16)19(3,4)5/h14-18H,6-13,20H2,1-5H3. The molecular weight excluding hydrogens is 256 g/mol. The number of nitrogens with two attached hydrogens (primary N) is 1. The van der Waals surface area contributed by atoms with Gasteiger partial charge in [0.15, 0.2) is 0 Å². The summed E-state index contributed by atoms with van der Waals surface area (Å²) < 4.78 is 0. The Balaban J connectivity index is 1.91. The van der Waals surface area contributed by atoms with E-state index in [4.69, 9.17) is 5.73 Å². The zero-order valence-electron chi connectivity index (χ0n) is 15.1. The average molecular weight is 295 g/mol. The molecule has 2 fully saturated rings. The molecule has 21 heavy (non-hydrogen) atoms. The molecule has 2 rings (SSSR count). The first kappa shape index (κ1) is 17.3. The van der Waals surface area contributed by atoms with Gasteiger partial charge >= 0.3 is 0 Å². The molecule has 1 saturated heterocycles. The van der Waals surface area contributed by atoms with Crippen molar-refractivity contribution < 1.29 is 0 Å². The smallest absolute Gasteiger partial charge is 0.0246 e. The molecule has 1 saturated carbocycles. The van der Waals surface area contributed by atoms with Crippen molar-refractivity contribution in [2.45, 2.75) is 72.8 Å². The van der Waals surface area contributed by atoms with Crippen molar-refractivity contribution in [2.24, 2.45) is 34.8 Å². The molecule has 3 atom stereocenters. The predicted octanol–water partition coefficient (Wildman–Crippen LogP) is 4.14. The average Bonchev–Trinajstić information content (AvgIpc) is 2.43. The minimum Gasteiger partial charge on any atom is -0.329 e. The molecule has 0 spiro atoms. The Kier molecular flexibility index (Phi) is 5.76. The second kappa shape index (κ2) is 7.00.